The van der Waals surface area contributed by atoms with Crippen LogP contribution in [0.15, 0.2) is 18.2 Å². The molecule has 0 spiro atoms. The Balaban J connectivity index is 0.00000324. The quantitative estimate of drug-likeness (QED) is 0.867. The molecule has 3 N–H and O–H groups in total. The zero-order valence-electron chi connectivity index (χ0n) is 10.6. The molecule has 0 saturated heterocycles. The molecule has 0 aliphatic heterocycles. The fourth-order valence-electron chi connectivity index (χ4n) is 1.20. The fourth-order valence-corrected chi connectivity index (χ4v) is 2.71. The molecule has 0 heterocycles. The van der Waals surface area contributed by atoms with Crippen molar-refractivity contribution in [3.05, 3.63) is 34.6 Å². The maximum absolute atomic E-state index is 12.9. The highest BCUT2D eigenvalue weighted by molar-refractivity contribution is 7.88. The number of rotatable bonds is 5. The van der Waals surface area contributed by atoms with Crippen molar-refractivity contribution in [2.45, 2.75) is 25.1 Å². The largest absolute Gasteiger partial charge is 0.324 e. The molecule has 0 aromatic heterocycles. The fraction of sp³-hybridized carbons (Fsp3) is 0.455. The predicted octanol–water partition coefficient (Wildman–Crippen LogP) is 2.06. The van der Waals surface area contributed by atoms with E-state index in [9.17, 15) is 12.8 Å². The molecule has 0 aliphatic rings. The Labute approximate surface area is 124 Å². The molecule has 1 aromatic rings. The Kier molecular flexibility index (Phi) is 6.71. The van der Waals surface area contributed by atoms with E-state index < -0.39 is 21.4 Å². The van der Waals surface area contributed by atoms with Gasteiger partial charge in [0.15, 0.2) is 0 Å². The molecule has 1 rings (SSSR count). The third kappa shape index (κ3) is 7.08. The third-order valence-corrected chi connectivity index (χ3v) is 3.68. The van der Waals surface area contributed by atoms with E-state index >= 15 is 0 Å². The highest BCUT2D eigenvalue weighted by atomic mass is 35.5. The zero-order valence-corrected chi connectivity index (χ0v) is 13.0. The van der Waals surface area contributed by atoms with Gasteiger partial charge in [0, 0.05) is 12.1 Å². The lowest BCUT2D eigenvalue weighted by molar-refractivity contribution is 0.497. The van der Waals surface area contributed by atoms with E-state index in [1.807, 2.05) is 0 Å². The summed E-state index contributed by atoms with van der Waals surface area (Å²) < 4.78 is 38.8. The number of benzene rings is 1. The Bertz CT molecular complexity index is 530. The van der Waals surface area contributed by atoms with E-state index in [2.05, 4.69) is 4.72 Å². The first kappa shape index (κ1) is 18.6. The van der Waals surface area contributed by atoms with Crippen LogP contribution >= 0.6 is 24.0 Å². The minimum Gasteiger partial charge on any atom is -0.324 e. The molecule has 0 saturated carbocycles. The van der Waals surface area contributed by atoms with Crippen molar-refractivity contribution in [1.82, 2.24) is 4.72 Å². The topological polar surface area (TPSA) is 72.2 Å². The maximum atomic E-state index is 12.9. The van der Waals surface area contributed by atoms with Gasteiger partial charge >= 0.3 is 0 Å². The van der Waals surface area contributed by atoms with Crippen molar-refractivity contribution in [2.24, 2.45) is 5.73 Å². The lowest BCUT2D eigenvalue weighted by Crippen LogP contribution is -2.45. The second kappa shape index (κ2) is 6.85. The Morgan fingerprint density at radius 1 is 1.42 bits per heavy atom. The monoisotopic (exact) mass is 330 g/mol. The van der Waals surface area contributed by atoms with Crippen molar-refractivity contribution in [3.8, 4) is 0 Å². The van der Waals surface area contributed by atoms with E-state index in [0.717, 1.165) is 6.07 Å². The van der Waals surface area contributed by atoms with Crippen molar-refractivity contribution >= 4 is 34.0 Å². The SMILES string of the molecule is CC(C)(N)CNS(=O)(=O)Cc1ccc(F)c(Cl)c1.Cl. The number of nitrogens with one attached hydrogen (secondary N) is 1. The number of nitrogens with two attached hydrogens (primary N) is 1. The molecule has 0 aliphatic carbocycles. The van der Waals surface area contributed by atoms with Gasteiger partial charge in [-0.25, -0.2) is 17.5 Å². The van der Waals surface area contributed by atoms with E-state index in [1.165, 1.54) is 12.1 Å². The summed E-state index contributed by atoms with van der Waals surface area (Å²) in [6.07, 6.45) is 0. The number of sulfonamides is 1. The van der Waals surface area contributed by atoms with Crippen LogP contribution in [0, 0.1) is 5.82 Å². The van der Waals surface area contributed by atoms with Gasteiger partial charge in [-0.1, -0.05) is 17.7 Å². The van der Waals surface area contributed by atoms with Crippen LogP contribution in [-0.4, -0.2) is 20.5 Å². The van der Waals surface area contributed by atoms with Crippen LogP contribution in [0.2, 0.25) is 5.02 Å². The first-order valence-corrected chi connectivity index (χ1v) is 7.32. The normalized spacial score (nSPS) is 12.1. The summed E-state index contributed by atoms with van der Waals surface area (Å²) in [6.45, 7) is 3.55. The van der Waals surface area contributed by atoms with Crippen LogP contribution in [0.3, 0.4) is 0 Å². The standard InChI is InChI=1S/C11H16ClFN2O2S.ClH/c1-11(2,14)7-15-18(16,17)6-8-3-4-10(13)9(12)5-8;/h3-5,15H,6-7,14H2,1-2H3;1H. The van der Waals surface area contributed by atoms with Crippen LogP contribution in [0.5, 0.6) is 0 Å². The molecule has 0 fully saturated rings. The number of hydrogen-bond donors (Lipinski definition) is 2. The molecular weight excluding hydrogens is 314 g/mol. The van der Waals surface area contributed by atoms with Crippen LogP contribution in [0.25, 0.3) is 0 Å². The molecule has 110 valence electrons. The average molecular weight is 331 g/mol. The predicted molar refractivity (Wildman–Crippen MR) is 77.6 cm³/mol. The molecule has 0 unspecified atom stereocenters. The Hall–Kier alpha value is -0.400. The van der Waals surface area contributed by atoms with Gasteiger partial charge in [0.25, 0.3) is 0 Å². The molecule has 0 atom stereocenters. The Morgan fingerprint density at radius 3 is 2.47 bits per heavy atom. The maximum Gasteiger partial charge on any atom is 0.215 e. The second-order valence-corrected chi connectivity index (χ2v) is 7.03. The molecule has 1 aromatic carbocycles. The van der Waals surface area contributed by atoms with Crippen molar-refractivity contribution < 1.29 is 12.8 Å². The number of halogens is 3. The first-order chi connectivity index (χ1) is 8.09. The van der Waals surface area contributed by atoms with Gasteiger partial charge in [-0.3, -0.25) is 0 Å². The zero-order chi connectivity index (χ0) is 14.0. The van der Waals surface area contributed by atoms with E-state index in [1.54, 1.807) is 13.8 Å². The summed E-state index contributed by atoms with van der Waals surface area (Å²) >= 11 is 5.58. The summed E-state index contributed by atoms with van der Waals surface area (Å²) in [5.41, 5.74) is 5.47. The van der Waals surface area contributed by atoms with Crippen LogP contribution < -0.4 is 10.5 Å². The van der Waals surface area contributed by atoms with Crippen LogP contribution in [0.1, 0.15) is 19.4 Å². The minimum atomic E-state index is -3.51. The van der Waals surface area contributed by atoms with Crippen molar-refractivity contribution in [2.75, 3.05) is 6.54 Å². The lowest BCUT2D eigenvalue weighted by Gasteiger charge is -2.18. The Morgan fingerprint density at radius 2 is 2.00 bits per heavy atom. The average Bonchev–Trinajstić information content (AvgIpc) is 2.20. The minimum absolute atomic E-state index is 0. The van der Waals surface area contributed by atoms with Crippen molar-refractivity contribution in [3.63, 3.8) is 0 Å². The lowest BCUT2D eigenvalue weighted by atomic mass is 10.1. The highest BCUT2D eigenvalue weighted by Gasteiger charge is 2.17. The van der Waals surface area contributed by atoms with Gasteiger partial charge in [-0.2, -0.15) is 0 Å². The third-order valence-electron chi connectivity index (χ3n) is 2.09. The molecular formula is C11H17Cl2FN2O2S. The van der Waals surface area contributed by atoms with E-state index in [0.29, 0.717) is 5.56 Å². The second-order valence-electron chi connectivity index (χ2n) is 4.82. The van der Waals surface area contributed by atoms with E-state index in [4.69, 9.17) is 17.3 Å². The first-order valence-electron chi connectivity index (χ1n) is 5.29. The van der Waals surface area contributed by atoms with Crippen LogP contribution in [-0.2, 0) is 15.8 Å². The van der Waals surface area contributed by atoms with Crippen molar-refractivity contribution in [1.29, 1.82) is 0 Å². The van der Waals surface area contributed by atoms with Gasteiger partial charge in [0.2, 0.25) is 10.0 Å². The molecule has 0 amide bonds. The summed E-state index contributed by atoms with van der Waals surface area (Å²) in [5.74, 6) is -0.836. The van der Waals surface area contributed by atoms with Gasteiger partial charge in [0.1, 0.15) is 5.82 Å². The molecule has 0 bridgehead atoms. The van der Waals surface area contributed by atoms with E-state index in [-0.39, 0.29) is 29.7 Å². The van der Waals surface area contributed by atoms with Gasteiger partial charge in [0.05, 0.1) is 10.8 Å². The summed E-state index contributed by atoms with van der Waals surface area (Å²) in [6, 6.07) is 3.82. The molecule has 8 heteroatoms. The molecule has 19 heavy (non-hydrogen) atoms. The van der Waals surface area contributed by atoms with Gasteiger partial charge in [-0.05, 0) is 31.5 Å². The summed E-state index contributed by atoms with van der Waals surface area (Å²) in [5, 5.41) is -0.0955. The number of hydrogen-bond acceptors (Lipinski definition) is 3. The highest BCUT2D eigenvalue weighted by Crippen LogP contribution is 2.17. The van der Waals surface area contributed by atoms with Crippen LogP contribution in [0.4, 0.5) is 4.39 Å². The summed E-state index contributed by atoms with van der Waals surface area (Å²) in [4.78, 5) is 0. The molecule has 0 radical (unpaired) electrons. The summed E-state index contributed by atoms with van der Waals surface area (Å²) in [7, 11) is -3.51. The smallest absolute Gasteiger partial charge is 0.215 e. The van der Waals surface area contributed by atoms with Gasteiger partial charge < -0.3 is 5.73 Å². The molecule has 4 nitrogen and oxygen atoms in total. The van der Waals surface area contributed by atoms with Gasteiger partial charge in [-0.15, -0.1) is 12.4 Å².